The number of amides is 1. The normalized spacial score (nSPS) is 9.73. The molecule has 0 aliphatic carbocycles. The predicted octanol–water partition coefficient (Wildman–Crippen LogP) is 1.70. The van der Waals surface area contributed by atoms with Crippen molar-refractivity contribution < 1.29 is 9.59 Å². The summed E-state index contributed by atoms with van der Waals surface area (Å²) in [6.07, 6.45) is 0.721. The molecule has 0 aliphatic heterocycles. The Morgan fingerprint density at radius 3 is 2.73 bits per heavy atom. The highest BCUT2D eigenvalue weighted by Gasteiger charge is 2.05. The van der Waals surface area contributed by atoms with Gasteiger partial charge in [0.25, 0.3) is 5.91 Å². The first-order valence-corrected chi connectivity index (χ1v) is 5.42. The zero-order chi connectivity index (χ0) is 11.3. The Bertz CT molecular complexity index is 377. The van der Waals surface area contributed by atoms with Gasteiger partial charge in [-0.3, -0.25) is 9.59 Å². The number of carbonyl (C=O) groups is 2. The molecule has 1 aromatic rings. The van der Waals surface area contributed by atoms with E-state index in [4.69, 9.17) is 0 Å². The van der Waals surface area contributed by atoms with E-state index in [1.807, 2.05) is 24.3 Å². The van der Waals surface area contributed by atoms with E-state index in [-0.39, 0.29) is 0 Å². The van der Waals surface area contributed by atoms with Gasteiger partial charge in [0.05, 0.1) is 0 Å². The highest BCUT2D eigenvalue weighted by Crippen LogP contribution is 2.11. The van der Waals surface area contributed by atoms with E-state index in [9.17, 15) is 9.59 Å². The fraction of sp³-hybridized carbons (Fsp3) is 0.273. The van der Waals surface area contributed by atoms with E-state index in [0.717, 1.165) is 16.5 Å². The molecule has 0 unspecified atom stereocenters. The maximum absolute atomic E-state index is 10.9. The van der Waals surface area contributed by atoms with Crippen LogP contribution in [0.1, 0.15) is 12.5 Å². The van der Waals surface area contributed by atoms with Crippen LogP contribution in [0.2, 0.25) is 0 Å². The van der Waals surface area contributed by atoms with Gasteiger partial charge in [0, 0.05) is 17.9 Å². The molecular formula is C11H12BrNO2. The molecule has 80 valence electrons. The lowest BCUT2D eigenvalue weighted by atomic mass is 10.1. The Hall–Kier alpha value is -1.16. The molecule has 0 aliphatic rings. The van der Waals surface area contributed by atoms with Gasteiger partial charge in [-0.1, -0.05) is 28.1 Å². The summed E-state index contributed by atoms with van der Waals surface area (Å²) in [6, 6.07) is 7.84. The summed E-state index contributed by atoms with van der Waals surface area (Å²) >= 11 is 3.36. The third-order valence-corrected chi connectivity index (χ3v) is 2.40. The van der Waals surface area contributed by atoms with E-state index < -0.39 is 11.7 Å². The van der Waals surface area contributed by atoms with Crippen molar-refractivity contribution in [2.75, 3.05) is 6.54 Å². The first-order chi connectivity index (χ1) is 7.09. The standard InChI is InChI=1S/C11H12BrNO2/c1-8(14)11(15)13-6-5-9-3-2-4-10(12)7-9/h2-4,7H,5-6H2,1H3,(H,13,15). The van der Waals surface area contributed by atoms with Crippen LogP contribution in [0.3, 0.4) is 0 Å². The van der Waals surface area contributed by atoms with Crippen molar-refractivity contribution in [3.63, 3.8) is 0 Å². The van der Waals surface area contributed by atoms with Gasteiger partial charge in [-0.25, -0.2) is 0 Å². The summed E-state index contributed by atoms with van der Waals surface area (Å²) in [5, 5.41) is 2.55. The molecule has 1 aromatic carbocycles. The fourth-order valence-electron chi connectivity index (χ4n) is 1.14. The number of hydrogen-bond acceptors (Lipinski definition) is 2. The van der Waals surface area contributed by atoms with E-state index in [0.29, 0.717) is 6.54 Å². The average Bonchev–Trinajstić information content (AvgIpc) is 2.17. The summed E-state index contributed by atoms with van der Waals surface area (Å²) in [4.78, 5) is 21.6. The number of benzene rings is 1. The van der Waals surface area contributed by atoms with Crippen molar-refractivity contribution in [3.8, 4) is 0 Å². The van der Waals surface area contributed by atoms with Crippen molar-refractivity contribution in [1.82, 2.24) is 5.32 Å². The van der Waals surface area contributed by atoms with E-state index in [1.165, 1.54) is 6.92 Å². The van der Waals surface area contributed by atoms with Gasteiger partial charge in [0.15, 0.2) is 0 Å². The topological polar surface area (TPSA) is 46.2 Å². The Labute approximate surface area is 97.0 Å². The largest absolute Gasteiger partial charge is 0.349 e. The van der Waals surface area contributed by atoms with Crippen molar-refractivity contribution in [2.45, 2.75) is 13.3 Å². The molecule has 0 fully saturated rings. The number of carbonyl (C=O) groups excluding carboxylic acids is 2. The van der Waals surface area contributed by atoms with Crippen LogP contribution >= 0.6 is 15.9 Å². The maximum Gasteiger partial charge on any atom is 0.287 e. The van der Waals surface area contributed by atoms with E-state index >= 15 is 0 Å². The summed E-state index contributed by atoms with van der Waals surface area (Å²) in [6.45, 7) is 1.74. The molecule has 0 saturated carbocycles. The predicted molar refractivity (Wildman–Crippen MR) is 61.5 cm³/mol. The number of hydrogen-bond donors (Lipinski definition) is 1. The van der Waals surface area contributed by atoms with Gasteiger partial charge < -0.3 is 5.32 Å². The molecular weight excluding hydrogens is 258 g/mol. The summed E-state index contributed by atoms with van der Waals surface area (Å²) in [5.41, 5.74) is 1.12. The molecule has 0 atom stereocenters. The first-order valence-electron chi connectivity index (χ1n) is 4.63. The van der Waals surface area contributed by atoms with Gasteiger partial charge in [-0.15, -0.1) is 0 Å². The van der Waals surface area contributed by atoms with Gasteiger partial charge in [-0.2, -0.15) is 0 Å². The number of halogens is 1. The molecule has 0 aromatic heterocycles. The lowest BCUT2D eigenvalue weighted by Gasteiger charge is -2.03. The monoisotopic (exact) mass is 269 g/mol. The van der Waals surface area contributed by atoms with Crippen LogP contribution in [0.5, 0.6) is 0 Å². The molecule has 1 rings (SSSR count). The van der Waals surface area contributed by atoms with Gasteiger partial charge >= 0.3 is 0 Å². The number of ketones is 1. The minimum atomic E-state index is -0.523. The minimum Gasteiger partial charge on any atom is -0.349 e. The van der Waals surface area contributed by atoms with Crippen LogP contribution in [0.4, 0.5) is 0 Å². The molecule has 0 radical (unpaired) electrons. The Morgan fingerprint density at radius 2 is 2.13 bits per heavy atom. The zero-order valence-electron chi connectivity index (χ0n) is 8.42. The minimum absolute atomic E-state index is 0.454. The molecule has 0 bridgehead atoms. The van der Waals surface area contributed by atoms with Crippen LogP contribution in [0, 0.1) is 0 Å². The van der Waals surface area contributed by atoms with E-state index in [1.54, 1.807) is 0 Å². The average molecular weight is 270 g/mol. The van der Waals surface area contributed by atoms with Crippen LogP contribution < -0.4 is 5.32 Å². The number of Topliss-reactive ketones (excluding diaryl/α,β-unsaturated/α-hetero) is 1. The van der Waals surface area contributed by atoms with Crippen molar-refractivity contribution in [3.05, 3.63) is 34.3 Å². The molecule has 4 heteroatoms. The van der Waals surface area contributed by atoms with Gasteiger partial charge in [-0.05, 0) is 24.1 Å². The quantitative estimate of drug-likeness (QED) is 0.846. The van der Waals surface area contributed by atoms with Crippen molar-refractivity contribution in [1.29, 1.82) is 0 Å². The molecule has 3 nitrogen and oxygen atoms in total. The first kappa shape index (κ1) is 11.9. The fourth-order valence-corrected chi connectivity index (χ4v) is 1.58. The van der Waals surface area contributed by atoms with Crippen LogP contribution in [-0.2, 0) is 16.0 Å². The van der Waals surface area contributed by atoms with Crippen molar-refractivity contribution >= 4 is 27.6 Å². The smallest absolute Gasteiger partial charge is 0.287 e. The van der Waals surface area contributed by atoms with Crippen molar-refractivity contribution in [2.24, 2.45) is 0 Å². The maximum atomic E-state index is 10.9. The number of rotatable bonds is 4. The molecule has 15 heavy (non-hydrogen) atoms. The zero-order valence-corrected chi connectivity index (χ0v) is 10.0. The lowest BCUT2D eigenvalue weighted by Crippen LogP contribution is -2.30. The molecule has 1 amide bonds. The summed E-state index contributed by atoms with van der Waals surface area (Å²) in [5.74, 6) is -0.978. The molecule has 0 spiro atoms. The third kappa shape index (κ3) is 4.25. The Kier molecular flexibility index (Phi) is 4.49. The Morgan fingerprint density at radius 1 is 1.40 bits per heavy atom. The summed E-state index contributed by atoms with van der Waals surface area (Å²) in [7, 11) is 0. The van der Waals surface area contributed by atoms with Crippen LogP contribution in [0.15, 0.2) is 28.7 Å². The molecule has 1 N–H and O–H groups in total. The SMILES string of the molecule is CC(=O)C(=O)NCCc1cccc(Br)c1. The third-order valence-electron chi connectivity index (χ3n) is 1.91. The van der Waals surface area contributed by atoms with Crippen LogP contribution in [0.25, 0.3) is 0 Å². The highest BCUT2D eigenvalue weighted by atomic mass is 79.9. The van der Waals surface area contributed by atoms with Crippen LogP contribution in [-0.4, -0.2) is 18.2 Å². The lowest BCUT2D eigenvalue weighted by molar-refractivity contribution is -0.136. The highest BCUT2D eigenvalue weighted by molar-refractivity contribution is 9.10. The Balaban J connectivity index is 2.38. The molecule has 0 heterocycles. The second-order valence-corrected chi connectivity index (χ2v) is 4.11. The molecule has 0 saturated heterocycles. The second-order valence-electron chi connectivity index (χ2n) is 3.19. The number of nitrogens with one attached hydrogen (secondary N) is 1. The van der Waals surface area contributed by atoms with Gasteiger partial charge in [0.2, 0.25) is 5.78 Å². The van der Waals surface area contributed by atoms with Gasteiger partial charge in [0.1, 0.15) is 0 Å². The summed E-state index contributed by atoms with van der Waals surface area (Å²) < 4.78 is 1.01. The van der Waals surface area contributed by atoms with E-state index in [2.05, 4.69) is 21.2 Å². The second kappa shape index (κ2) is 5.66.